The Labute approximate surface area is 356 Å². The summed E-state index contributed by atoms with van der Waals surface area (Å²) >= 11 is 0. The van der Waals surface area contributed by atoms with Gasteiger partial charge in [0.05, 0.1) is 11.1 Å². The molecule has 0 N–H and O–H groups in total. The van der Waals surface area contributed by atoms with Gasteiger partial charge in [-0.3, -0.25) is 0 Å². The van der Waals surface area contributed by atoms with Gasteiger partial charge in [0.25, 0.3) is 0 Å². The molecule has 0 fully saturated rings. The van der Waals surface area contributed by atoms with Crippen LogP contribution in [0.3, 0.4) is 0 Å². The minimum absolute atomic E-state index is 0.179. The molecule has 0 saturated heterocycles. The van der Waals surface area contributed by atoms with E-state index < -0.39 is 5.41 Å². The molecule has 1 spiro atoms. The van der Waals surface area contributed by atoms with E-state index in [9.17, 15) is 0 Å². The van der Waals surface area contributed by atoms with Crippen molar-refractivity contribution in [3.8, 4) is 56.4 Å². The highest BCUT2D eigenvalue weighted by atomic mass is 16.5. The third-order valence-corrected chi connectivity index (χ3v) is 13.2. The largest absolute Gasteiger partial charge is 0.457 e. The summed E-state index contributed by atoms with van der Waals surface area (Å²) < 4.78 is 14.2. The summed E-state index contributed by atoms with van der Waals surface area (Å²) in [5.74, 6) is 3.29. The van der Waals surface area contributed by atoms with Crippen LogP contribution in [-0.2, 0) is 10.8 Å². The molecular formula is C58H41NO2. The Morgan fingerprint density at radius 3 is 1.62 bits per heavy atom. The predicted octanol–water partition coefficient (Wildman–Crippen LogP) is 15.4. The van der Waals surface area contributed by atoms with E-state index in [4.69, 9.17) is 9.47 Å². The molecule has 9 aromatic carbocycles. The lowest BCUT2D eigenvalue weighted by Crippen LogP contribution is -2.37. The number of fused-ring (bicyclic) bond motifs is 11. The van der Waals surface area contributed by atoms with Crippen LogP contribution in [0.2, 0.25) is 0 Å². The van der Waals surface area contributed by atoms with Gasteiger partial charge >= 0.3 is 0 Å². The monoisotopic (exact) mass is 783 g/mol. The highest BCUT2D eigenvalue weighted by Crippen LogP contribution is 2.64. The van der Waals surface area contributed by atoms with Crippen molar-refractivity contribution in [3.05, 3.63) is 246 Å². The van der Waals surface area contributed by atoms with Crippen molar-refractivity contribution in [2.45, 2.75) is 24.7 Å². The topological polar surface area (TPSA) is 21.7 Å². The maximum atomic E-state index is 7.32. The number of nitrogens with zero attached hydrogens (tertiary/aromatic N) is 1. The molecule has 0 bridgehead atoms. The van der Waals surface area contributed by atoms with Crippen molar-refractivity contribution in [1.29, 1.82) is 0 Å². The number of rotatable bonds is 5. The minimum Gasteiger partial charge on any atom is -0.457 e. The number of hydrogen-bond donors (Lipinski definition) is 0. The first-order valence-corrected chi connectivity index (χ1v) is 21.1. The zero-order valence-corrected chi connectivity index (χ0v) is 34.0. The molecule has 61 heavy (non-hydrogen) atoms. The molecule has 3 nitrogen and oxygen atoms in total. The highest BCUT2D eigenvalue weighted by molar-refractivity contribution is 5.90. The highest BCUT2D eigenvalue weighted by Gasteiger charge is 2.51. The molecule has 0 amide bonds. The van der Waals surface area contributed by atoms with Gasteiger partial charge in [0, 0.05) is 39.0 Å². The molecular weight excluding hydrogens is 743 g/mol. The molecule has 12 rings (SSSR count). The van der Waals surface area contributed by atoms with Crippen LogP contribution in [0.1, 0.15) is 47.2 Å². The molecule has 1 unspecified atom stereocenters. The second-order valence-electron chi connectivity index (χ2n) is 16.8. The van der Waals surface area contributed by atoms with Crippen LogP contribution in [0.4, 0.5) is 17.1 Å². The molecule has 3 heteroatoms. The lowest BCUT2D eigenvalue weighted by Gasteiger charge is -2.45. The molecule has 1 atom stereocenters. The van der Waals surface area contributed by atoms with Gasteiger partial charge in [0.1, 0.15) is 17.2 Å². The molecule has 3 aliphatic rings. The first-order chi connectivity index (χ1) is 30.0. The summed E-state index contributed by atoms with van der Waals surface area (Å²) in [7, 11) is 0. The number of ether oxygens (including phenoxy) is 2. The van der Waals surface area contributed by atoms with E-state index in [1.165, 1.54) is 27.8 Å². The van der Waals surface area contributed by atoms with Crippen molar-refractivity contribution >= 4 is 17.1 Å². The van der Waals surface area contributed by atoms with Crippen LogP contribution < -0.4 is 14.4 Å². The van der Waals surface area contributed by atoms with Crippen LogP contribution >= 0.6 is 0 Å². The van der Waals surface area contributed by atoms with E-state index in [0.29, 0.717) is 0 Å². The maximum Gasteiger partial charge on any atom is 0.156 e. The Kier molecular flexibility index (Phi) is 7.79. The maximum absolute atomic E-state index is 7.32. The number of anilines is 3. The number of hydrogen-bond acceptors (Lipinski definition) is 3. The molecule has 290 valence electrons. The Morgan fingerprint density at radius 1 is 0.344 bits per heavy atom. The number of para-hydroxylation sites is 3. The van der Waals surface area contributed by atoms with Gasteiger partial charge in [0.15, 0.2) is 5.75 Å². The van der Waals surface area contributed by atoms with Crippen LogP contribution in [0.25, 0.3) is 33.4 Å². The van der Waals surface area contributed by atoms with Crippen LogP contribution in [-0.4, -0.2) is 0 Å². The lowest BCUT2D eigenvalue weighted by atomic mass is 9.62. The van der Waals surface area contributed by atoms with Gasteiger partial charge in [0.2, 0.25) is 0 Å². The van der Waals surface area contributed by atoms with Crippen LogP contribution in [0.5, 0.6) is 23.0 Å². The first-order valence-electron chi connectivity index (χ1n) is 21.1. The zero-order valence-electron chi connectivity index (χ0n) is 34.0. The fraction of sp³-hybridized carbons (Fsp3) is 0.0690. The molecule has 0 saturated carbocycles. The van der Waals surface area contributed by atoms with Gasteiger partial charge in [-0.1, -0.05) is 172 Å². The number of benzene rings is 9. The summed E-state index contributed by atoms with van der Waals surface area (Å²) in [5.41, 5.74) is 16.2. The van der Waals surface area contributed by atoms with Crippen LogP contribution in [0, 0.1) is 0 Å². The molecule has 0 aromatic heterocycles. The second kappa shape index (κ2) is 13.5. The standard InChI is InChI=1S/C58H41NO2/c1-57(2)46-24-10-9-23-44(46)45-33-32-43(37-50(45)57)59(42-22-15-21-40(35-42)38-17-5-3-6-18-38)52-28-16-27-49-56(52)61-54-30-14-12-26-48(54)58(49)47-25-11-13-29-53(47)60-55-34-31-41(36-51(55)58)39-19-7-4-8-20-39/h3-37H,1-2H3. The third-order valence-electron chi connectivity index (χ3n) is 13.2. The SMILES string of the molecule is CC1(C)c2ccccc2-c2ccc(N(c3cccc(-c4ccccc4)c3)c3cccc4c3Oc3ccccc3C43c4ccccc4Oc4ccc(-c5ccccc5)cc43)cc21. The van der Waals surface area contributed by atoms with Gasteiger partial charge in [-0.15, -0.1) is 0 Å². The Bertz CT molecular complexity index is 3170. The molecule has 0 radical (unpaired) electrons. The van der Waals surface area contributed by atoms with E-state index in [-0.39, 0.29) is 5.41 Å². The Balaban J connectivity index is 1.15. The average Bonchev–Trinajstić information content (AvgIpc) is 3.55. The van der Waals surface area contributed by atoms with Crippen molar-refractivity contribution in [2.24, 2.45) is 0 Å². The molecule has 2 aliphatic heterocycles. The van der Waals surface area contributed by atoms with Gasteiger partial charge < -0.3 is 14.4 Å². The van der Waals surface area contributed by atoms with E-state index >= 15 is 0 Å². The summed E-state index contributed by atoms with van der Waals surface area (Å²) in [6.45, 7) is 4.69. The summed E-state index contributed by atoms with van der Waals surface area (Å²) in [6, 6.07) is 76.4. The van der Waals surface area contributed by atoms with E-state index in [1.54, 1.807) is 0 Å². The van der Waals surface area contributed by atoms with Gasteiger partial charge in [-0.05, 0) is 99.1 Å². The third kappa shape index (κ3) is 5.23. The fourth-order valence-corrected chi connectivity index (χ4v) is 10.4. The fourth-order valence-electron chi connectivity index (χ4n) is 10.4. The van der Waals surface area contributed by atoms with E-state index in [0.717, 1.165) is 79.0 Å². The normalized spacial score (nSPS) is 15.8. The summed E-state index contributed by atoms with van der Waals surface area (Å²) in [6.07, 6.45) is 0. The Morgan fingerprint density at radius 2 is 0.885 bits per heavy atom. The molecule has 1 aliphatic carbocycles. The second-order valence-corrected chi connectivity index (χ2v) is 16.8. The molecule has 2 heterocycles. The van der Waals surface area contributed by atoms with Crippen LogP contribution in [0.15, 0.2) is 212 Å². The van der Waals surface area contributed by atoms with Crippen molar-refractivity contribution in [1.82, 2.24) is 0 Å². The smallest absolute Gasteiger partial charge is 0.156 e. The minimum atomic E-state index is -0.770. The quantitative estimate of drug-likeness (QED) is 0.174. The van der Waals surface area contributed by atoms with E-state index in [1.807, 2.05) is 0 Å². The van der Waals surface area contributed by atoms with E-state index in [2.05, 4.69) is 231 Å². The predicted molar refractivity (Wildman–Crippen MR) is 248 cm³/mol. The van der Waals surface area contributed by atoms with Crippen molar-refractivity contribution < 1.29 is 9.47 Å². The zero-order chi connectivity index (χ0) is 40.7. The van der Waals surface area contributed by atoms with Crippen molar-refractivity contribution in [2.75, 3.05) is 4.90 Å². The Hall–Kier alpha value is -7.62. The first kappa shape index (κ1) is 35.3. The average molecular weight is 784 g/mol. The van der Waals surface area contributed by atoms with Crippen molar-refractivity contribution in [3.63, 3.8) is 0 Å². The lowest BCUT2D eigenvalue weighted by molar-refractivity contribution is 0.400. The van der Waals surface area contributed by atoms with Gasteiger partial charge in [-0.2, -0.15) is 0 Å². The van der Waals surface area contributed by atoms with Gasteiger partial charge in [-0.25, -0.2) is 0 Å². The molecule has 9 aromatic rings. The summed E-state index contributed by atoms with van der Waals surface area (Å²) in [4.78, 5) is 2.40. The summed E-state index contributed by atoms with van der Waals surface area (Å²) in [5, 5.41) is 0.